The summed E-state index contributed by atoms with van der Waals surface area (Å²) in [5.74, 6) is 0.432. The molecule has 0 aliphatic carbocycles. The van der Waals surface area contributed by atoms with Crippen LogP contribution < -0.4 is 5.32 Å². The van der Waals surface area contributed by atoms with Crippen LogP contribution in [0, 0.1) is 9.39 Å². The minimum atomic E-state index is -0.229. The molecular formula is C17H13BrFIN4. The standard InChI is InChI=1S/C17H13BrFIN4/c18-11-3-6-14(19)13(7-11)16-8-15(10-1-4-12(20)5-2-10)23-17-21-9-22-24(16)17/h1-7,9,15-16H,8H2,(H,21,22,23). The average molecular weight is 499 g/mol. The van der Waals surface area contributed by atoms with Crippen LogP contribution in [0.4, 0.5) is 10.3 Å². The van der Waals surface area contributed by atoms with Gasteiger partial charge in [0, 0.05) is 13.6 Å². The highest BCUT2D eigenvalue weighted by Gasteiger charge is 2.31. The molecule has 4 nitrogen and oxygen atoms in total. The Morgan fingerprint density at radius 1 is 1.21 bits per heavy atom. The molecule has 2 unspecified atom stereocenters. The van der Waals surface area contributed by atoms with E-state index in [2.05, 4.69) is 78.2 Å². The van der Waals surface area contributed by atoms with Crippen LogP contribution in [0.3, 0.4) is 0 Å². The fourth-order valence-electron chi connectivity index (χ4n) is 3.06. The monoisotopic (exact) mass is 498 g/mol. The summed E-state index contributed by atoms with van der Waals surface area (Å²) in [5, 5.41) is 7.69. The number of hydrogen-bond acceptors (Lipinski definition) is 3. The first-order valence-corrected chi connectivity index (χ1v) is 9.35. The minimum Gasteiger partial charge on any atom is -0.348 e. The maximum Gasteiger partial charge on any atom is 0.222 e. The van der Waals surface area contributed by atoms with Crippen LogP contribution in [0.1, 0.15) is 29.6 Å². The van der Waals surface area contributed by atoms with E-state index >= 15 is 0 Å². The third-order valence-corrected chi connectivity index (χ3v) is 5.43. The van der Waals surface area contributed by atoms with Crippen molar-refractivity contribution in [3.05, 3.63) is 73.8 Å². The highest BCUT2D eigenvalue weighted by Crippen LogP contribution is 2.38. The molecule has 0 saturated carbocycles. The lowest BCUT2D eigenvalue weighted by atomic mass is 9.93. The van der Waals surface area contributed by atoms with Crippen molar-refractivity contribution in [3.8, 4) is 0 Å². The van der Waals surface area contributed by atoms with Gasteiger partial charge in [-0.1, -0.05) is 28.1 Å². The number of nitrogens with one attached hydrogen (secondary N) is 1. The fraction of sp³-hybridized carbons (Fsp3) is 0.176. The SMILES string of the molecule is Fc1ccc(Br)cc1C1CC(c2ccc(I)cc2)Nc2ncnn21. The summed E-state index contributed by atoms with van der Waals surface area (Å²) in [5.41, 5.74) is 1.78. The van der Waals surface area contributed by atoms with Gasteiger partial charge in [-0.05, 0) is 64.9 Å². The molecule has 1 aromatic heterocycles. The first-order valence-electron chi connectivity index (χ1n) is 7.48. The van der Waals surface area contributed by atoms with Crippen LogP contribution in [0.25, 0.3) is 0 Å². The molecule has 0 fully saturated rings. The van der Waals surface area contributed by atoms with Gasteiger partial charge in [-0.25, -0.2) is 9.07 Å². The molecule has 1 N–H and O–H groups in total. The van der Waals surface area contributed by atoms with Crippen LogP contribution >= 0.6 is 38.5 Å². The van der Waals surface area contributed by atoms with Crippen molar-refractivity contribution in [2.45, 2.75) is 18.5 Å². The molecule has 24 heavy (non-hydrogen) atoms. The second-order valence-corrected chi connectivity index (χ2v) is 7.86. The number of nitrogens with zero attached hydrogens (tertiary/aromatic N) is 3. The summed E-state index contributed by atoms with van der Waals surface area (Å²) in [6, 6.07) is 13.2. The molecule has 4 rings (SSSR count). The smallest absolute Gasteiger partial charge is 0.222 e. The lowest BCUT2D eigenvalue weighted by Crippen LogP contribution is -2.28. The molecule has 0 amide bonds. The van der Waals surface area contributed by atoms with Gasteiger partial charge in [0.25, 0.3) is 0 Å². The minimum absolute atomic E-state index is 0.0575. The zero-order valence-corrected chi connectivity index (χ0v) is 16.2. The van der Waals surface area contributed by atoms with E-state index in [4.69, 9.17) is 0 Å². The predicted molar refractivity (Wildman–Crippen MR) is 102 cm³/mol. The van der Waals surface area contributed by atoms with Gasteiger partial charge in [-0.2, -0.15) is 10.1 Å². The van der Waals surface area contributed by atoms with Gasteiger partial charge in [0.05, 0.1) is 12.1 Å². The van der Waals surface area contributed by atoms with E-state index in [-0.39, 0.29) is 17.9 Å². The molecule has 0 radical (unpaired) electrons. The quantitative estimate of drug-likeness (QED) is 0.509. The highest BCUT2D eigenvalue weighted by atomic mass is 127. The maximum absolute atomic E-state index is 14.4. The third-order valence-electron chi connectivity index (χ3n) is 4.22. The van der Waals surface area contributed by atoms with E-state index in [9.17, 15) is 4.39 Å². The van der Waals surface area contributed by atoms with E-state index in [1.54, 1.807) is 10.7 Å². The summed E-state index contributed by atoms with van der Waals surface area (Å²) >= 11 is 5.72. The Balaban J connectivity index is 1.76. The zero-order chi connectivity index (χ0) is 16.7. The van der Waals surface area contributed by atoms with Crippen molar-refractivity contribution in [1.82, 2.24) is 14.8 Å². The molecule has 1 aliphatic rings. The summed E-state index contributed by atoms with van der Waals surface area (Å²) < 4.78 is 18.2. The first-order chi connectivity index (χ1) is 11.6. The van der Waals surface area contributed by atoms with E-state index in [0.29, 0.717) is 17.9 Å². The Morgan fingerprint density at radius 3 is 2.79 bits per heavy atom. The van der Waals surface area contributed by atoms with Crippen LogP contribution in [0.5, 0.6) is 0 Å². The normalized spacial score (nSPS) is 19.6. The van der Waals surface area contributed by atoms with Crippen LogP contribution in [0.2, 0.25) is 0 Å². The van der Waals surface area contributed by atoms with Crippen molar-refractivity contribution < 1.29 is 4.39 Å². The van der Waals surface area contributed by atoms with Crippen LogP contribution in [-0.2, 0) is 0 Å². The van der Waals surface area contributed by atoms with E-state index < -0.39 is 0 Å². The van der Waals surface area contributed by atoms with Gasteiger partial charge in [0.1, 0.15) is 12.1 Å². The number of anilines is 1. The fourth-order valence-corrected chi connectivity index (χ4v) is 3.80. The Kier molecular flexibility index (Phi) is 4.29. The number of rotatable bonds is 2. The van der Waals surface area contributed by atoms with Gasteiger partial charge in [-0.3, -0.25) is 0 Å². The number of aromatic nitrogens is 3. The average Bonchev–Trinajstić information content (AvgIpc) is 3.05. The van der Waals surface area contributed by atoms with Gasteiger partial charge in [0.15, 0.2) is 0 Å². The van der Waals surface area contributed by atoms with E-state index in [1.165, 1.54) is 16.0 Å². The third kappa shape index (κ3) is 2.95. The van der Waals surface area contributed by atoms with Gasteiger partial charge in [0.2, 0.25) is 5.95 Å². The molecule has 0 spiro atoms. The van der Waals surface area contributed by atoms with Gasteiger partial charge in [-0.15, -0.1) is 0 Å². The van der Waals surface area contributed by atoms with Crippen molar-refractivity contribution in [3.63, 3.8) is 0 Å². The molecule has 2 heterocycles. The van der Waals surface area contributed by atoms with Crippen molar-refractivity contribution in [2.75, 3.05) is 5.32 Å². The Morgan fingerprint density at radius 2 is 2.00 bits per heavy atom. The number of halogens is 3. The summed E-state index contributed by atoms with van der Waals surface area (Å²) in [7, 11) is 0. The molecule has 2 aromatic carbocycles. The van der Waals surface area contributed by atoms with Crippen LogP contribution in [0.15, 0.2) is 53.3 Å². The molecular weight excluding hydrogens is 486 g/mol. The second kappa shape index (κ2) is 6.44. The topological polar surface area (TPSA) is 42.7 Å². The largest absolute Gasteiger partial charge is 0.348 e. The van der Waals surface area contributed by atoms with Crippen molar-refractivity contribution >= 4 is 44.5 Å². The molecule has 122 valence electrons. The maximum atomic E-state index is 14.4. The van der Waals surface area contributed by atoms with Gasteiger partial charge >= 0.3 is 0 Å². The Bertz CT molecular complexity index is 881. The number of benzene rings is 2. The molecule has 1 aliphatic heterocycles. The molecule has 2 atom stereocenters. The number of hydrogen-bond donors (Lipinski definition) is 1. The number of fused-ring (bicyclic) bond motifs is 1. The summed E-state index contributed by atoms with van der Waals surface area (Å²) in [6.07, 6.45) is 2.20. The molecule has 7 heteroatoms. The van der Waals surface area contributed by atoms with Crippen molar-refractivity contribution in [1.29, 1.82) is 0 Å². The molecule has 3 aromatic rings. The molecule has 0 bridgehead atoms. The zero-order valence-electron chi connectivity index (χ0n) is 12.5. The Labute approximate surface area is 160 Å². The molecule has 0 saturated heterocycles. The van der Waals surface area contributed by atoms with Crippen LogP contribution in [-0.4, -0.2) is 14.8 Å². The lowest BCUT2D eigenvalue weighted by Gasteiger charge is -2.32. The first kappa shape index (κ1) is 16.0. The van der Waals surface area contributed by atoms with Gasteiger partial charge < -0.3 is 5.32 Å². The Hall–Kier alpha value is -1.48. The van der Waals surface area contributed by atoms with E-state index in [0.717, 1.165) is 10.0 Å². The highest BCUT2D eigenvalue weighted by molar-refractivity contribution is 14.1. The predicted octanol–water partition coefficient (Wildman–Crippen LogP) is 4.93. The van der Waals surface area contributed by atoms with Crippen molar-refractivity contribution in [2.24, 2.45) is 0 Å². The summed E-state index contributed by atoms with van der Waals surface area (Å²) in [4.78, 5) is 4.28. The van der Waals surface area contributed by atoms with E-state index in [1.807, 2.05) is 6.07 Å². The lowest BCUT2D eigenvalue weighted by molar-refractivity contribution is 0.415. The summed E-state index contributed by atoms with van der Waals surface area (Å²) in [6.45, 7) is 0. The second-order valence-electron chi connectivity index (χ2n) is 5.69.